The van der Waals surface area contributed by atoms with E-state index in [0.717, 1.165) is 29.7 Å². The minimum Gasteiger partial charge on any atom is -0.382 e. The summed E-state index contributed by atoms with van der Waals surface area (Å²) in [5.74, 6) is -2.45. The molecule has 0 saturated carbocycles. The first-order valence-electron chi connectivity index (χ1n) is 9.73. The van der Waals surface area contributed by atoms with Crippen molar-refractivity contribution in [3.63, 3.8) is 0 Å². The van der Waals surface area contributed by atoms with Crippen LogP contribution in [0.2, 0.25) is 0 Å². The third-order valence-electron chi connectivity index (χ3n) is 5.50. The molecule has 1 saturated heterocycles. The molecule has 1 aromatic rings. The number of aryl methyl sites for hydroxylation is 1. The molecule has 3 N–H and O–H groups in total. The van der Waals surface area contributed by atoms with Crippen molar-refractivity contribution in [3.05, 3.63) is 29.3 Å². The first-order chi connectivity index (χ1) is 13.2. The van der Waals surface area contributed by atoms with Gasteiger partial charge in [-0.25, -0.2) is 0 Å². The van der Waals surface area contributed by atoms with E-state index in [1.807, 2.05) is 30.4 Å². The SMILES string of the molecule is CCC[C@@H]1CC(NC(=O)C2CCC(C(F)(F)F)NC2=O)c2cc(C)ccc2N1. The van der Waals surface area contributed by atoms with Gasteiger partial charge in [-0.05, 0) is 44.2 Å². The highest BCUT2D eigenvalue weighted by Gasteiger charge is 2.46. The van der Waals surface area contributed by atoms with E-state index in [4.69, 9.17) is 0 Å². The largest absolute Gasteiger partial charge is 0.408 e. The molecule has 2 aliphatic rings. The average molecular weight is 397 g/mol. The summed E-state index contributed by atoms with van der Waals surface area (Å²) in [4.78, 5) is 24.8. The topological polar surface area (TPSA) is 70.2 Å². The third-order valence-corrected chi connectivity index (χ3v) is 5.50. The van der Waals surface area contributed by atoms with Gasteiger partial charge in [0.1, 0.15) is 12.0 Å². The monoisotopic (exact) mass is 397 g/mol. The number of piperidine rings is 1. The summed E-state index contributed by atoms with van der Waals surface area (Å²) in [6, 6.07) is 4.02. The van der Waals surface area contributed by atoms with E-state index in [9.17, 15) is 22.8 Å². The minimum atomic E-state index is -4.49. The van der Waals surface area contributed by atoms with Crippen LogP contribution in [0.1, 0.15) is 56.2 Å². The van der Waals surface area contributed by atoms with Crippen LogP contribution in [0, 0.1) is 12.8 Å². The maximum Gasteiger partial charge on any atom is 0.408 e. The maximum atomic E-state index is 12.8. The summed E-state index contributed by atoms with van der Waals surface area (Å²) in [6.07, 6.45) is -2.27. The molecule has 0 radical (unpaired) electrons. The number of anilines is 1. The van der Waals surface area contributed by atoms with E-state index in [1.54, 1.807) is 0 Å². The normalized spacial score (nSPS) is 27.4. The van der Waals surface area contributed by atoms with Gasteiger partial charge in [0, 0.05) is 11.7 Å². The number of nitrogens with one attached hydrogen (secondary N) is 3. The highest BCUT2D eigenvalue weighted by atomic mass is 19.4. The Morgan fingerprint density at radius 3 is 2.64 bits per heavy atom. The number of amides is 2. The molecule has 1 aromatic carbocycles. The lowest BCUT2D eigenvalue weighted by molar-refractivity contribution is -0.171. The fourth-order valence-electron chi connectivity index (χ4n) is 4.04. The van der Waals surface area contributed by atoms with Crippen LogP contribution in [0.15, 0.2) is 18.2 Å². The number of fused-ring (bicyclic) bond motifs is 1. The molecule has 0 bridgehead atoms. The molecular weight excluding hydrogens is 371 g/mol. The van der Waals surface area contributed by atoms with Crippen LogP contribution in [-0.4, -0.2) is 30.1 Å². The number of carbonyl (C=O) groups excluding carboxylic acids is 2. The second kappa shape index (κ2) is 8.01. The lowest BCUT2D eigenvalue weighted by atomic mass is 9.88. The van der Waals surface area contributed by atoms with Gasteiger partial charge in [0.05, 0.1) is 6.04 Å². The molecule has 2 heterocycles. The molecule has 1 fully saturated rings. The predicted molar refractivity (Wildman–Crippen MR) is 99.7 cm³/mol. The Morgan fingerprint density at radius 1 is 1.25 bits per heavy atom. The summed E-state index contributed by atoms with van der Waals surface area (Å²) in [5, 5.41) is 8.35. The number of hydrogen-bond donors (Lipinski definition) is 3. The van der Waals surface area contributed by atoms with Crippen molar-refractivity contribution in [3.8, 4) is 0 Å². The molecule has 3 unspecified atom stereocenters. The Kier molecular flexibility index (Phi) is 5.86. The summed E-state index contributed by atoms with van der Waals surface area (Å²) in [7, 11) is 0. The zero-order valence-electron chi connectivity index (χ0n) is 16.0. The van der Waals surface area contributed by atoms with Crippen molar-refractivity contribution in [1.29, 1.82) is 0 Å². The smallest absolute Gasteiger partial charge is 0.382 e. The summed E-state index contributed by atoms with van der Waals surface area (Å²) < 4.78 is 38.4. The van der Waals surface area contributed by atoms with Crippen LogP contribution in [0.25, 0.3) is 0 Å². The van der Waals surface area contributed by atoms with E-state index in [0.29, 0.717) is 6.42 Å². The number of rotatable bonds is 4. The van der Waals surface area contributed by atoms with Crippen LogP contribution in [0.5, 0.6) is 0 Å². The summed E-state index contributed by atoms with van der Waals surface area (Å²) in [6.45, 7) is 4.05. The van der Waals surface area contributed by atoms with Gasteiger partial charge in [-0.15, -0.1) is 0 Å². The number of halogens is 3. The fraction of sp³-hybridized carbons (Fsp3) is 0.600. The number of hydrogen-bond acceptors (Lipinski definition) is 3. The number of alkyl halides is 3. The Morgan fingerprint density at radius 2 is 2.00 bits per heavy atom. The quantitative estimate of drug-likeness (QED) is 0.680. The summed E-state index contributed by atoms with van der Waals surface area (Å²) in [5.41, 5.74) is 2.95. The Hall–Kier alpha value is -2.25. The molecule has 2 amide bonds. The van der Waals surface area contributed by atoms with Gasteiger partial charge in [-0.2, -0.15) is 13.2 Å². The molecule has 0 spiro atoms. The molecular formula is C20H26F3N3O2. The Balaban J connectivity index is 1.73. The highest BCUT2D eigenvalue weighted by molar-refractivity contribution is 6.01. The van der Waals surface area contributed by atoms with Crippen molar-refractivity contribution in [2.24, 2.45) is 5.92 Å². The van der Waals surface area contributed by atoms with E-state index in [-0.39, 0.29) is 24.9 Å². The molecule has 3 rings (SSSR count). The minimum absolute atomic E-state index is 0.105. The van der Waals surface area contributed by atoms with Crippen LogP contribution < -0.4 is 16.0 Å². The van der Waals surface area contributed by atoms with Gasteiger partial charge >= 0.3 is 6.18 Å². The van der Waals surface area contributed by atoms with Gasteiger partial charge in [-0.3, -0.25) is 9.59 Å². The highest BCUT2D eigenvalue weighted by Crippen LogP contribution is 2.35. The Bertz CT molecular complexity index is 751. The zero-order chi connectivity index (χ0) is 20.5. The molecule has 154 valence electrons. The van der Waals surface area contributed by atoms with Crippen LogP contribution in [0.4, 0.5) is 18.9 Å². The van der Waals surface area contributed by atoms with Gasteiger partial charge in [0.2, 0.25) is 11.8 Å². The van der Waals surface area contributed by atoms with Crippen molar-refractivity contribution in [1.82, 2.24) is 10.6 Å². The van der Waals surface area contributed by atoms with E-state index in [2.05, 4.69) is 17.6 Å². The molecule has 0 aromatic heterocycles. The van der Waals surface area contributed by atoms with Gasteiger partial charge in [0.25, 0.3) is 0 Å². The first-order valence-corrected chi connectivity index (χ1v) is 9.73. The number of benzene rings is 1. The van der Waals surface area contributed by atoms with E-state index in [1.165, 1.54) is 0 Å². The molecule has 8 heteroatoms. The predicted octanol–water partition coefficient (Wildman–Crippen LogP) is 3.59. The molecule has 2 aliphatic heterocycles. The third kappa shape index (κ3) is 4.42. The van der Waals surface area contributed by atoms with Crippen molar-refractivity contribution in [2.45, 2.75) is 70.3 Å². The second-order valence-corrected chi connectivity index (χ2v) is 7.75. The van der Waals surface area contributed by atoms with Crippen molar-refractivity contribution >= 4 is 17.5 Å². The Labute approximate surface area is 162 Å². The molecule has 28 heavy (non-hydrogen) atoms. The van der Waals surface area contributed by atoms with Crippen LogP contribution in [-0.2, 0) is 9.59 Å². The number of carbonyl (C=O) groups is 2. The lowest BCUT2D eigenvalue weighted by Gasteiger charge is -2.35. The zero-order valence-corrected chi connectivity index (χ0v) is 16.0. The van der Waals surface area contributed by atoms with E-state index >= 15 is 0 Å². The van der Waals surface area contributed by atoms with Crippen molar-refractivity contribution in [2.75, 3.05) is 5.32 Å². The average Bonchev–Trinajstić information content (AvgIpc) is 2.61. The standard InChI is InChI=1S/C20H26F3N3O2/c1-3-4-12-10-16(14-9-11(2)5-7-15(14)24-12)25-18(27)13-6-8-17(20(21,22)23)26-19(13)28/h5,7,9,12-13,16-17,24H,3-4,6,8,10H2,1-2H3,(H,25,27)(H,26,28)/t12-,13?,16?,17?/m1/s1. The molecule has 4 atom stereocenters. The maximum absolute atomic E-state index is 12.8. The van der Waals surface area contributed by atoms with Crippen molar-refractivity contribution < 1.29 is 22.8 Å². The van der Waals surface area contributed by atoms with Crippen LogP contribution >= 0.6 is 0 Å². The molecule has 0 aliphatic carbocycles. The van der Waals surface area contributed by atoms with E-state index < -0.39 is 30.0 Å². The first kappa shape index (κ1) is 20.5. The fourth-order valence-corrected chi connectivity index (χ4v) is 4.04. The summed E-state index contributed by atoms with van der Waals surface area (Å²) >= 11 is 0. The van der Waals surface area contributed by atoms with Gasteiger partial charge < -0.3 is 16.0 Å². The van der Waals surface area contributed by atoms with Gasteiger partial charge in [0.15, 0.2) is 0 Å². The second-order valence-electron chi connectivity index (χ2n) is 7.75. The molecule has 5 nitrogen and oxygen atoms in total. The van der Waals surface area contributed by atoms with Gasteiger partial charge in [-0.1, -0.05) is 31.0 Å². The van der Waals surface area contributed by atoms with Crippen LogP contribution in [0.3, 0.4) is 0 Å². The lowest BCUT2D eigenvalue weighted by Crippen LogP contribution is -2.55.